The lowest BCUT2D eigenvalue weighted by Crippen LogP contribution is -1.93. The van der Waals surface area contributed by atoms with Crippen LogP contribution in [0, 0.1) is 17.1 Å². The molecule has 84 valence electrons. The Labute approximate surface area is 97.1 Å². The van der Waals surface area contributed by atoms with Crippen LogP contribution in [0.3, 0.4) is 0 Å². The number of halogens is 1. The van der Waals surface area contributed by atoms with E-state index in [1.54, 1.807) is 12.1 Å². The van der Waals surface area contributed by atoms with Crippen molar-refractivity contribution in [1.29, 1.82) is 5.26 Å². The number of aromatic nitrogens is 1. The van der Waals surface area contributed by atoms with Gasteiger partial charge in [0.25, 0.3) is 0 Å². The maximum Gasteiger partial charge on any atom is 0.219 e. The number of hydrogen-bond acceptors (Lipinski definition) is 4. The molecule has 0 aliphatic carbocycles. The lowest BCUT2D eigenvalue weighted by atomic mass is 10.2. The Morgan fingerprint density at radius 1 is 1.29 bits per heavy atom. The lowest BCUT2D eigenvalue weighted by Gasteiger charge is -2.06. The van der Waals surface area contributed by atoms with Crippen molar-refractivity contribution in [2.45, 2.75) is 0 Å². The topological polar surface area (TPSA) is 71.9 Å². The molecule has 5 heteroatoms. The molecule has 2 rings (SSSR count). The number of ether oxygens (including phenoxy) is 1. The molecule has 0 saturated heterocycles. The van der Waals surface area contributed by atoms with Gasteiger partial charge < -0.3 is 10.5 Å². The number of nitrogen functional groups attached to an aromatic ring is 1. The average molecular weight is 229 g/mol. The summed E-state index contributed by atoms with van der Waals surface area (Å²) in [5, 5.41) is 8.90. The maximum absolute atomic E-state index is 12.6. The molecule has 0 bridgehead atoms. The fourth-order valence-corrected chi connectivity index (χ4v) is 1.26. The number of nitrogens with two attached hydrogens (primary N) is 1. The highest BCUT2D eigenvalue weighted by Gasteiger charge is 2.05. The van der Waals surface area contributed by atoms with Gasteiger partial charge in [-0.25, -0.2) is 9.37 Å². The fraction of sp³-hybridized carbons (Fsp3) is 0. The molecule has 1 aromatic carbocycles. The normalized spacial score (nSPS) is 9.65. The molecule has 0 saturated carbocycles. The predicted octanol–water partition coefficient (Wildman–Crippen LogP) is 2.47. The van der Waals surface area contributed by atoms with Crippen LogP contribution in [0.15, 0.2) is 36.5 Å². The van der Waals surface area contributed by atoms with E-state index in [0.29, 0.717) is 17.0 Å². The predicted molar refractivity (Wildman–Crippen MR) is 59.8 cm³/mol. The summed E-state index contributed by atoms with van der Waals surface area (Å²) in [5.41, 5.74) is 6.32. The molecule has 0 fully saturated rings. The van der Waals surface area contributed by atoms with Crippen LogP contribution in [0.25, 0.3) is 0 Å². The quantitative estimate of drug-likeness (QED) is 0.803. The Morgan fingerprint density at radius 2 is 2.12 bits per heavy atom. The molecule has 17 heavy (non-hydrogen) atoms. The smallest absolute Gasteiger partial charge is 0.219 e. The second-order valence-electron chi connectivity index (χ2n) is 3.28. The van der Waals surface area contributed by atoms with Gasteiger partial charge in [0, 0.05) is 11.8 Å². The Morgan fingerprint density at radius 3 is 2.76 bits per heavy atom. The highest BCUT2D eigenvalue weighted by molar-refractivity contribution is 5.53. The zero-order valence-corrected chi connectivity index (χ0v) is 8.72. The third kappa shape index (κ3) is 2.49. The number of nitriles is 1. The molecule has 2 N–H and O–H groups in total. The van der Waals surface area contributed by atoms with Gasteiger partial charge in [0.2, 0.25) is 5.88 Å². The Balaban J connectivity index is 2.30. The van der Waals surface area contributed by atoms with Crippen LogP contribution in [0.4, 0.5) is 10.1 Å². The number of pyridine rings is 1. The third-order valence-corrected chi connectivity index (χ3v) is 2.04. The van der Waals surface area contributed by atoms with Crippen LogP contribution in [-0.4, -0.2) is 4.98 Å². The summed E-state index contributed by atoms with van der Waals surface area (Å²) in [5.74, 6) is 0.101. The van der Waals surface area contributed by atoms with Crippen LogP contribution in [0.2, 0.25) is 0 Å². The van der Waals surface area contributed by atoms with E-state index in [1.807, 2.05) is 6.07 Å². The second-order valence-corrected chi connectivity index (χ2v) is 3.28. The van der Waals surface area contributed by atoms with Crippen LogP contribution in [0.5, 0.6) is 11.6 Å². The van der Waals surface area contributed by atoms with E-state index in [9.17, 15) is 4.39 Å². The van der Waals surface area contributed by atoms with Gasteiger partial charge in [-0.3, -0.25) is 0 Å². The highest BCUT2D eigenvalue weighted by atomic mass is 19.1. The average Bonchev–Trinajstić information content (AvgIpc) is 2.34. The molecule has 1 aromatic heterocycles. The van der Waals surface area contributed by atoms with E-state index in [0.717, 1.165) is 6.20 Å². The van der Waals surface area contributed by atoms with Gasteiger partial charge in [0.1, 0.15) is 17.6 Å². The summed E-state index contributed by atoms with van der Waals surface area (Å²) in [6.07, 6.45) is 1.04. The van der Waals surface area contributed by atoms with Crippen molar-refractivity contribution in [2.75, 3.05) is 5.73 Å². The van der Waals surface area contributed by atoms with Crippen molar-refractivity contribution in [3.8, 4) is 17.7 Å². The van der Waals surface area contributed by atoms with Crippen LogP contribution >= 0.6 is 0 Å². The van der Waals surface area contributed by atoms with E-state index in [2.05, 4.69) is 4.98 Å². The van der Waals surface area contributed by atoms with Crippen LogP contribution < -0.4 is 10.5 Å². The molecule has 0 atom stereocenters. The first-order chi connectivity index (χ1) is 8.19. The number of rotatable bonds is 2. The molecule has 0 radical (unpaired) electrons. The molecule has 0 spiro atoms. The molecule has 0 unspecified atom stereocenters. The van der Waals surface area contributed by atoms with Crippen molar-refractivity contribution >= 4 is 5.69 Å². The molecule has 0 aliphatic heterocycles. The summed E-state index contributed by atoms with van der Waals surface area (Å²) in [6.45, 7) is 0. The number of anilines is 1. The molecular weight excluding hydrogens is 221 g/mol. The summed E-state index contributed by atoms with van der Waals surface area (Å²) in [6, 6.07) is 9.25. The van der Waals surface area contributed by atoms with Crippen molar-refractivity contribution < 1.29 is 9.13 Å². The summed E-state index contributed by atoms with van der Waals surface area (Å²) >= 11 is 0. The van der Waals surface area contributed by atoms with Crippen molar-refractivity contribution in [3.63, 3.8) is 0 Å². The molecule has 4 nitrogen and oxygen atoms in total. The summed E-state index contributed by atoms with van der Waals surface area (Å²) in [4.78, 5) is 3.73. The standard InChI is InChI=1S/C12H8FN3O/c13-9-1-4-12(16-7-9)17-11-3-2-10(15)5-8(11)6-14/h1-5,7H,15H2. The lowest BCUT2D eigenvalue weighted by molar-refractivity contribution is 0.458. The first-order valence-corrected chi connectivity index (χ1v) is 4.78. The first kappa shape index (κ1) is 10.9. The Kier molecular flexibility index (Phi) is 2.88. The van der Waals surface area contributed by atoms with E-state index >= 15 is 0 Å². The van der Waals surface area contributed by atoms with E-state index in [4.69, 9.17) is 15.7 Å². The van der Waals surface area contributed by atoms with Gasteiger partial charge in [-0.1, -0.05) is 0 Å². The third-order valence-electron chi connectivity index (χ3n) is 2.04. The molecule has 1 heterocycles. The fourth-order valence-electron chi connectivity index (χ4n) is 1.26. The minimum atomic E-state index is -0.449. The largest absolute Gasteiger partial charge is 0.438 e. The minimum absolute atomic E-state index is 0.215. The van der Waals surface area contributed by atoms with Crippen molar-refractivity contribution in [2.24, 2.45) is 0 Å². The highest BCUT2D eigenvalue weighted by Crippen LogP contribution is 2.25. The summed E-state index contributed by atoms with van der Waals surface area (Å²) < 4.78 is 18.0. The van der Waals surface area contributed by atoms with Gasteiger partial charge in [-0.15, -0.1) is 0 Å². The second kappa shape index (κ2) is 4.49. The maximum atomic E-state index is 12.6. The SMILES string of the molecule is N#Cc1cc(N)ccc1Oc1ccc(F)cn1. The minimum Gasteiger partial charge on any atom is -0.438 e. The first-order valence-electron chi connectivity index (χ1n) is 4.78. The van der Waals surface area contributed by atoms with Gasteiger partial charge >= 0.3 is 0 Å². The Hall–Kier alpha value is -2.61. The molecule has 0 aliphatic rings. The van der Waals surface area contributed by atoms with Crippen molar-refractivity contribution in [3.05, 3.63) is 47.9 Å². The monoisotopic (exact) mass is 229 g/mol. The molecule has 2 aromatic rings. The van der Waals surface area contributed by atoms with E-state index in [-0.39, 0.29) is 5.88 Å². The number of benzene rings is 1. The molecule has 0 amide bonds. The van der Waals surface area contributed by atoms with E-state index < -0.39 is 5.82 Å². The van der Waals surface area contributed by atoms with Crippen molar-refractivity contribution in [1.82, 2.24) is 4.98 Å². The number of nitrogens with zero attached hydrogens (tertiary/aromatic N) is 2. The number of hydrogen-bond donors (Lipinski definition) is 1. The summed E-state index contributed by atoms with van der Waals surface area (Å²) in [7, 11) is 0. The van der Waals surface area contributed by atoms with Crippen LogP contribution in [-0.2, 0) is 0 Å². The zero-order valence-electron chi connectivity index (χ0n) is 8.72. The van der Waals surface area contributed by atoms with Crippen LogP contribution in [0.1, 0.15) is 5.56 Å². The zero-order chi connectivity index (χ0) is 12.3. The molecular formula is C12H8FN3O. The van der Waals surface area contributed by atoms with Gasteiger partial charge in [-0.2, -0.15) is 5.26 Å². The van der Waals surface area contributed by atoms with Gasteiger partial charge in [0.05, 0.1) is 11.8 Å². The Bertz CT molecular complexity index is 575. The van der Waals surface area contributed by atoms with Gasteiger partial charge in [-0.05, 0) is 24.3 Å². The van der Waals surface area contributed by atoms with Gasteiger partial charge in [0.15, 0.2) is 0 Å². The van der Waals surface area contributed by atoms with E-state index in [1.165, 1.54) is 18.2 Å².